The third-order valence-electron chi connectivity index (χ3n) is 5.26. The summed E-state index contributed by atoms with van der Waals surface area (Å²) >= 11 is 5.95. The highest BCUT2D eigenvalue weighted by Crippen LogP contribution is 2.22. The molecule has 2 aromatic rings. The van der Waals surface area contributed by atoms with Gasteiger partial charge in [0.05, 0.1) is 11.9 Å². The highest BCUT2D eigenvalue weighted by atomic mass is 35.5. The maximum atomic E-state index is 14.2. The maximum absolute atomic E-state index is 14.2. The summed E-state index contributed by atoms with van der Waals surface area (Å²) in [4.78, 5) is 27.2. The van der Waals surface area contributed by atoms with Crippen molar-refractivity contribution in [2.24, 2.45) is 0 Å². The van der Waals surface area contributed by atoms with Crippen LogP contribution in [0.4, 0.5) is 10.1 Å². The van der Waals surface area contributed by atoms with E-state index in [9.17, 15) is 22.4 Å². The van der Waals surface area contributed by atoms with Crippen molar-refractivity contribution in [3.8, 4) is 0 Å². The van der Waals surface area contributed by atoms with Gasteiger partial charge in [0.2, 0.25) is 21.8 Å². The Morgan fingerprint density at radius 3 is 2.35 bits per heavy atom. The number of carbonyl (C=O) groups excluding carboxylic acids is 2. The van der Waals surface area contributed by atoms with Crippen LogP contribution in [0.15, 0.2) is 48.5 Å². The summed E-state index contributed by atoms with van der Waals surface area (Å²) in [7, 11) is -3.76. The van der Waals surface area contributed by atoms with E-state index in [1.807, 2.05) is 6.92 Å². The summed E-state index contributed by atoms with van der Waals surface area (Å²) in [5.74, 6) is -1.24. The van der Waals surface area contributed by atoms with Crippen LogP contribution in [0, 0.1) is 5.82 Å². The van der Waals surface area contributed by atoms with E-state index in [-0.39, 0.29) is 43.4 Å². The first-order chi connectivity index (χ1) is 16.0. The van der Waals surface area contributed by atoms with Crippen molar-refractivity contribution in [1.29, 1.82) is 0 Å². The number of sulfonamides is 1. The van der Waals surface area contributed by atoms with Gasteiger partial charge in [0, 0.05) is 31.1 Å². The van der Waals surface area contributed by atoms with Crippen LogP contribution in [0.25, 0.3) is 0 Å². The molecular weight excluding hydrogens is 481 g/mol. The van der Waals surface area contributed by atoms with Crippen molar-refractivity contribution in [3.05, 3.63) is 64.9 Å². The van der Waals surface area contributed by atoms with Crippen molar-refractivity contribution in [3.63, 3.8) is 0 Å². The third kappa shape index (κ3) is 7.99. The third-order valence-corrected chi connectivity index (χ3v) is 6.69. The lowest BCUT2D eigenvalue weighted by molar-refractivity contribution is -0.140. The number of benzene rings is 2. The molecule has 1 atom stereocenters. The molecule has 186 valence electrons. The standard InChI is InChI=1S/C24H31ClFN3O4S/c1-4-15-27-24(31)18(2)28(17-19-11-13-20(25)14-12-19)23(30)10-7-16-29(34(3,32)33)22-9-6-5-8-21(22)26/h5-6,8-9,11-14,18H,4,7,10,15-17H2,1-3H3,(H,27,31). The fourth-order valence-corrected chi connectivity index (χ4v) is 4.49. The molecule has 2 aromatic carbocycles. The van der Waals surface area contributed by atoms with Crippen LogP contribution >= 0.6 is 11.6 Å². The second-order valence-electron chi connectivity index (χ2n) is 8.01. The van der Waals surface area contributed by atoms with Gasteiger partial charge in [-0.1, -0.05) is 42.8 Å². The smallest absolute Gasteiger partial charge is 0.242 e. The highest BCUT2D eigenvalue weighted by Gasteiger charge is 2.27. The van der Waals surface area contributed by atoms with Crippen molar-refractivity contribution >= 4 is 39.1 Å². The first-order valence-corrected chi connectivity index (χ1v) is 13.3. The first kappa shape index (κ1) is 27.6. The average Bonchev–Trinajstić information content (AvgIpc) is 2.79. The molecule has 0 aliphatic heterocycles. The number of nitrogens with zero attached hydrogens (tertiary/aromatic N) is 2. The van der Waals surface area contributed by atoms with E-state index in [0.29, 0.717) is 11.6 Å². The summed E-state index contributed by atoms with van der Waals surface area (Å²) in [6, 6.07) is 11.8. The number of anilines is 1. The van der Waals surface area contributed by atoms with Crippen molar-refractivity contribution in [2.45, 2.75) is 45.7 Å². The van der Waals surface area contributed by atoms with Crippen LogP contribution < -0.4 is 9.62 Å². The first-order valence-electron chi connectivity index (χ1n) is 11.1. The fourth-order valence-electron chi connectivity index (χ4n) is 3.40. The fraction of sp³-hybridized carbons (Fsp3) is 0.417. The number of hydrogen-bond acceptors (Lipinski definition) is 4. The summed E-state index contributed by atoms with van der Waals surface area (Å²) < 4.78 is 39.7. The Hall–Kier alpha value is -2.65. The molecule has 10 heteroatoms. The molecule has 2 rings (SSSR count). The van der Waals surface area contributed by atoms with E-state index in [2.05, 4.69) is 5.32 Å². The molecule has 0 bridgehead atoms. The summed E-state index contributed by atoms with van der Waals surface area (Å²) in [6.45, 7) is 4.21. The molecule has 0 fully saturated rings. The van der Waals surface area contributed by atoms with Gasteiger partial charge in [0.25, 0.3) is 0 Å². The molecule has 0 saturated carbocycles. The van der Waals surface area contributed by atoms with Gasteiger partial charge in [-0.2, -0.15) is 0 Å². The molecule has 34 heavy (non-hydrogen) atoms. The monoisotopic (exact) mass is 511 g/mol. The molecular formula is C24H31ClFN3O4S. The van der Waals surface area contributed by atoms with E-state index in [4.69, 9.17) is 11.6 Å². The Morgan fingerprint density at radius 2 is 1.76 bits per heavy atom. The molecule has 0 saturated heterocycles. The lowest BCUT2D eigenvalue weighted by Gasteiger charge is -2.29. The number of para-hydroxylation sites is 1. The van der Waals surface area contributed by atoms with Crippen LogP contribution in [-0.2, 0) is 26.2 Å². The van der Waals surface area contributed by atoms with Gasteiger partial charge in [-0.15, -0.1) is 0 Å². The molecule has 0 spiro atoms. The van der Waals surface area contributed by atoms with E-state index < -0.39 is 21.9 Å². The number of carbonyl (C=O) groups is 2. The Morgan fingerprint density at radius 1 is 1.12 bits per heavy atom. The Kier molecular flexibility index (Phi) is 10.3. The SMILES string of the molecule is CCCNC(=O)C(C)N(Cc1ccc(Cl)cc1)C(=O)CCCN(c1ccccc1F)S(C)(=O)=O. The molecule has 0 aliphatic carbocycles. The largest absolute Gasteiger partial charge is 0.354 e. The lowest BCUT2D eigenvalue weighted by Crippen LogP contribution is -2.47. The number of amides is 2. The predicted octanol–water partition coefficient (Wildman–Crippen LogP) is 3.97. The molecule has 1 unspecified atom stereocenters. The molecule has 0 radical (unpaired) electrons. The van der Waals surface area contributed by atoms with Crippen molar-refractivity contribution in [1.82, 2.24) is 10.2 Å². The second-order valence-corrected chi connectivity index (χ2v) is 10.3. The zero-order valence-corrected chi connectivity index (χ0v) is 21.2. The van der Waals surface area contributed by atoms with Crippen LogP contribution in [-0.4, -0.2) is 50.5 Å². The van der Waals surface area contributed by atoms with Crippen LogP contribution in [0.3, 0.4) is 0 Å². The zero-order valence-electron chi connectivity index (χ0n) is 19.6. The van der Waals surface area contributed by atoms with Crippen LogP contribution in [0.5, 0.6) is 0 Å². The second kappa shape index (κ2) is 12.7. The van der Waals surface area contributed by atoms with Gasteiger partial charge in [-0.25, -0.2) is 12.8 Å². The summed E-state index contributed by atoms with van der Waals surface area (Å²) in [5.41, 5.74) is 0.736. The maximum Gasteiger partial charge on any atom is 0.242 e. The van der Waals surface area contributed by atoms with E-state index in [1.54, 1.807) is 37.3 Å². The topological polar surface area (TPSA) is 86.8 Å². The molecule has 0 heterocycles. The quantitative estimate of drug-likeness (QED) is 0.467. The van der Waals surface area contributed by atoms with Crippen LogP contribution in [0.2, 0.25) is 5.02 Å². The Bertz CT molecular complexity index is 1080. The Labute approximate surface area is 205 Å². The van der Waals surface area contributed by atoms with Gasteiger partial charge in [0.1, 0.15) is 11.9 Å². The molecule has 0 aromatic heterocycles. The average molecular weight is 512 g/mol. The van der Waals surface area contributed by atoms with E-state index in [1.165, 1.54) is 23.1 Å². The minimum atomic E-state index is -3.76. The minimum Gasteiger partial charge on any atom is -0.354 e. The van der Waals surface area contributed by atoms with E-state index in [0.717, 1.165) is 22.5 Å². The number of hydrogen-bond donors (Lipinski definition) is 1. The van der Waals surface area contributed by atoms with Gasteiger partial charge in [-0.05, 0) is 49.6 Å². The number of nitrogens with one attached hydrogen (secondary N) is 1. The molecule has 0 aliphatic rings. The molecule has 7 nitrogen and oxygen atoms in total. The molecule has 1 N–H and O–H groups in total. The van der Waals surface area contributed by atoms with Gasteiger partial charge in [0.15, 0.2) is 0 Å². The van der Waals surface area contributed by atoms with E-state index >= 15 is 0 Å². The Balaban J connectivity index is 2.15. The predicted molar refractivity (Wildman–Crippen MR) is 133 cm³/mol. The van der Waals surface area contributed by atoms with Gasteiger partial charge in [-0.3, -0.25) is 13.9 Å². The van der Waals surface area contributed by atoms with Gasteiger partial charge >= 0.3 is 0 Å². The zero-order chi connectivity index (χ0) is 25.3. The molecule has 2 amide bonds. The van der Waals surface area contributed by atoms with Gasteiger partial charge < -0.3 is 10.2 Å². The van der Waals surface area contributed by atoms with Crippen molar-refractivity contribution < 1.29 is 22.4 Å². The summed E-state index contributed by atoms with van der Waals surface area (Å²) in [5, 5.41) is 3.36. The summed E-state index contributed by atoms with van der Waals surface area (Å²) in [6.07, 6.45) is 1.90. The van der Waals surface area contributed by atoms with Crippen LogP contribution in [0.1, 0.15) is 38.7 Å². The number of rotatable bonds is 12. The minimum absolute atomic E-state index is 0.0144. The highest BCUT2D eigenvalue weighted by molar-refractivity contribution is 7.92. The number of halogens is 2. The lowest BCUT2D eigenvalue weighted by atomic mass is 10.1. The van der Waals surface area contributed by atoms with Crippen molar-refractivity contribution in [2.75, 3.05) is 23.7 Å². The normalized spacial score (nSPS) is 12.1.